The molecule has 126 valence electrons. The Morgan fingerprint density at radius 1 is 1.45 bits per heavy atom. The highest BCUT2D eigenvalue weighted by molar-refractivity contribution is 5.85. The van der Waals surface area contributed by atoms with Gasteiger partial charge in [0.15, 0.2) is 0 Å². The topological polar surface area (TPSA) is 59.0 Å². The molecule has 2 atom stereocenters. The van der Waals surface area contributed by atoms with Crippen molar-refractivity contribution in [1.29, 1.82) is 0 Å². The Bertz CT molecular complexity index is 482. The van der Waals surface area contributed by atoms with E-state index in [1.807, 2.05) is 31.8 Å². The standard InChI is InChI=1S/C16H28N4O.ClH/c1-11(14-5-7-17-8-6-14)9-16(21)19-12(2)15-10-18-20(4)13(15)3;/h10-12,14,17H,5-9H2,1-4H3,(H,19,21);1H. The minimum absolute atomic E-state index is 0. The van der Waals surface area contributed by atoms with Crippen LogP contribution in [0, 0.1) is 18.8 Å². The lowest BCUT2D eigenvalue weighted by atomic mass is 9.84. The fourth-order valence-electron chi connectivity index (χ4n) is 3.19. The van der Waals surface area contributed by atoms with E-state index in [1.54, 1.807) is 0 Å². The fraction of sp³-hybridized carbons (Fsp3) is 0.750. The second kappa shape index (κ2) is 8.53. The number of aryl methyl sites for hydroxylation is 1. The van der Waals surface area contributed by atoms with Crippen molar-refractivity contribution < 1.29 is 4.79 Å². The summed E-state index contributed by atoms with van der Waals surface area (Å²) < 4.78 is 1.84. The van der Waals surface area contributed by atoms with Gasteiger partial charge in [0.1, 0.15) is 0 Å². The number of aromatic nitrogens is 2. The lowest BCUT2D eigenvalue weighted by Gasteiger charge is -2.28. The average molecular weight is 329 g/mol. The van der Waals surface area contributed by atoms with E-state index in [1.165, 1.54) is 12.8 Å². The average Bonchev–Trinajstić information content (AvgIpc) is 2.79. The molecule has 5 nitrogen and oxygen atoms in total. The van der Waals surface area contributed by atoms with Crippen LogP contribution in [0.25, 0.3) is 0 Å². The Kier molecular flexibility index (Phi) is 7.36. The van der Waals surface area contributed by atoms with Gasteiger partial charge >= 0.3 is 0 Å². The highest BCUT2D eigenvalue weighted by atomic mass is 35.5. The predicted molar refractivity (Wildman–Crippen MR) is 91.1 cm³/mol. The molecule has 1 aliphatic rings. The number of nitrogens with one attached hydrogen (secondary N) is 2. The number of rotatable bonds is 5. The molecule has 0 bridgehead atoms. The van der Waals surface area contributed by atoms with Crippen LogP contribution in [-0.2, 0) is 11.8 Å². The number of piperidine rings is 1. The Labute approximate surface area is 139 Å². The van der Waals surface area contributed by atoms with Crippen molar-refractivity contribution in [2.24, 2.45) is 18.9 Å². The number of hydrogen-bond acceptors (Lipinski definition) is 3. The van der Waals surface area contributed by atoms with Gasteiger partial charge in [0.05, 0.1) is 12.2 Å². The maximum atomic E-state index is 12.2. The summed E-state index contributed by atoms with van der Waals surface area (Å²) in [5.74, 6) is 1.28. The Hall–Kier alpha value is -1.07. The van der Waals surface area contributed by atoms with Crippen LogP contribution < -0.4 is 10.6 Å². The Morgan fingerprint density at radius 2 is 2.09 bits per heavy atom. The number of nitrogens with zero attached hydrogens (tertiary/aromatic N) is 2. The lowest BCUT2D eigenvalue weighted by molar-refractivity contribution is -0.123. The quantitative estimate of drug-likeness (QED) is 0.872. The summed E-state index contributed by atoms with van der Waals surface area (Å²) in [7, 11) is 1.92. The van der Waals surface area contributed by atoms with E-state index in [0.717, 1.165) is 24.3 Å². The lowest BCUT2D eigenvalue weighted by Crippen LogP contribution is -2.34. The second-order valence-corrected chi connectivity index (χ2v) is 6.37. The van der Waals surface area contributed by atoms with Crippen LogP contribution in [-0.4, -0.2) is 28.8 Å². The number of hydrogen-bond donors (Lipinski definition) is 2. The molecule has 2 unspecified atom stereocenters. The van der Waals surface area contributed by atoms with Crippen LogP contribution in [0.15, 0.2) is 6.20 Å². The fourth-order valence-corrected chi connectivity index (χ4v) is 3.19. The van der Waals surface area contributed by atoms with Crippen molar-refractivity contribution in [1.82, 2.24) is 20.4 Å². The minimum atomic E-state index is 0. The van der Waals surface area contributed by atoms with Gasteiger partial charge in [-0.1, -0.05) is 6.92 Å². The Morgan fingerprint density at radius 3 is 2.64 bits per heavy atom. The molecular formula is C16H29ClN4O. The van der Waals surface area contributed by atoms with Crippen LogP contribution in [0.5, 0.6) is 0 Å². The van der Waals surface area contributed by atoms with Crippen molar-refractivity contribution in [3.63, 3.8) is 0 Å². The van der Waals surface area contributed by atoms with Crippen LogP contribution in [0.3, 0.4) is 0 Å². The summed E-state index contributed by atoms with van der Waals surface area (Å²) in [6.45, 7) is 8.43. The SMILES string of the molecule is Cc1c(C(C)NC(=O)CC(C)C2CCNCC2)cnn1C.Cl. The van der Waals surface area contributed by atoms with Crippen molar-refractivity contribution in [3.8, 4) is 0 Å². The number of halogens is 1. The number of carbonyl (C=O) groups is 1. The third-order valence-corrected chi connectivity index (χ3v) is 4.81. The van der Waals surface area contributed by atoms with Gasteiger partial charge in [-0.15, -0.1) is 12.4 Å². The van der Waals surface area contributed by atoms with Crippen LogP contribution >= 0.6 is 12.4 Å². The highest BCUT2D eigenvalue weighted by Gasteiger charge is 2.23. The molecule has 0 aromatic carbocycles. The molecule has 0 saturated carbocycles. The molecule has 0 spiro atoms. The first-order chi connectivity index (χ1) is 9.99. The van der Waals surface area contributed by atoms with Gasteiger partial charge in [-0.2, -0.15) is 5.10 Å². The van der Waals surface area contributed by atoms with E-state index < -0.39 is 0 Å². The molecule has 6 heteroatoms. The predicted octanol–water partition coefficient (Wildman–Crippen LogP) is 2.35. The molecule has 1 amide bonds. The van der Waals surface area contributed by atoms with E-state index in [0.29, 0.717) is 18.3 Å². The normalized spacial score (nSPS) is 18.4. The van der Waals surface area contributed by atoms with E-state index in [2.05, 4.69) is 22.7 Å². The van der Waals surface area contributed by atoms with E-state index in [4.69, 9.17) is 0 Å². The van der Waals surface area contributed by atoms with E-state index in [9.17, 15) is 4.79 Å². The largest absolute Gasteiger partial charge is 0.349 e. The van der Waals surface area contributed by atoms with Crippen molar-refractivity contribution in [2.45, 2.75) is 46.1 Å². The van der Waals surface area contributed by atoms with Crippen LogP contribution in [0.2, 0.25) is 0 Å². The van der Waals surface area contributed by atoms with Crippen molar-refractivity contribution in [3.05, 3.63) is 17.5 Å². The molecular weight excluding hydrogens is 300 g/mol. The van der Waals surface area contributed by atoms with Gasteiger partial charge in [-0.05, 0) is 51.6 Å². The molecule has 1 aromatic heterocycles. The van der Waals surface area contributed by atoms with Crippen LogP contribution in [0.4, 0.5) is 0 Å². The van der Waals surface area contributed by atoms with E-state index in [-0.39, 0.29) is 24.4 Å². The van der Waals surface area contributed by atoms with Gasteiger partial charge in [-0.3, -0.25) is 9.48 Å². The maximum absolute atomic E-state index is 12.2. The minimum Gasteiger partial charge on any atom is -0.349 e. The van der Waals surface area contributed by atoms with Crippen molar-refractivity contribution >= 4 is 18.3 Å². The van der Waals surface area contributed by atoms with Crippen LogP contribution in [0.1, 0.15) is 50.4 Å². The molecule has 1 aliphatic heterocycles. The Balaban J connectivity index is 0.00000242. The van der Waals surface area contributed by atoms with E-state index >= 15 is 0 Å². The molecule has 1 fully saturated rings. The van der Waals surface area contributed by atoms with Gasteiger partial charge in [-0.25, -0.2) is 0 Å². The third-order valence-electron chi connectivity index (χ3n) is 4.81. The first kappa shape index (κ1) is 19.0. The zero-order valence-electron chi connectivity index (χ0n) is 14.1. The smallest absolute Gasteiger partial charge is 0.220 e. The molecule has 22 heavy (non-hydrogen) atoms. The summed E-state index contributed by atoms with van der Waals surface area (Å²) in [6, 6.07) is 0.0198. The van der Waals surface area contributed by atoms with Gasteiger partial charge in [0, 0.05) is 24.7 Å². The molecule has 2 rings (SSSR count). The number of amides is 1. The molecule has 1 aromatic rings. The number of carbonyl (C=O) groups excluding carboxylic acids is 1. The third kappa shape index (κ3) is 4.71. The zero-order valence-corrected chi connectivity index (χ0v) is 14.9. The first-order valence-corrected chi connectivity index (χ1v) is 7.97. The summed E-state index contributed by atoms with van der Waals surface area (Å²) >= 11 is 0. The second-order valence-electron chi connectivity index (χ2n) is 6.37. The monoisotopic (exact) mass is 328 g/mol. The summed E-state index contributed by atoms with van der Waals surface area (Å²) in [5, 5.41) is 10.7. The molecule has 2 heterocycles. The summed E-state index contributed by atoms with van der Waals surface area (Å²) in [6.07, 6.45) is 4.84. The molecule has 0 aliphatic carbocycles. The first-order valence-electron chi connectivity index (χ1n) is 7.97. The van der Waals surface area contributed by atoms with Gasteiger partial charge in [0.2, 0.25) is 5.91 Å². The maximum Gasteiger partial charge on any atom is 0.220 e. The molecule has 2 N–H and O–H groups in total. The van der Waals surface area contributed by atoms with Gasteiger partial charge in [0.25, 0.3) is 0 Å². The summed E-state index contributed by atoms with van der Waals surface area (Å²) in [5.41, 5.74) is 2.20. The summed E-state index contributed by atoms with van der Waals surface area (Å²) in [4.78, 5) is 12.2. The van der Waals surface area contributed by atoms with Crippen molar-refractivity contribution in [2.75, 3.05) is 13.1 Å². The molecule has 1 saturated heterocycles. The van der Waals surface area contributed by atoms with Gasteiger partial charge < -0.3 is 10.6 Å². The zero-order chi connectivity index (χ0) is 15.4. The highest BCUT2D eigenvalue weighted by Crippen LogP contribution is 2.24. The molecule has 0 radical (unpaired) electrons.